The van der Waals surface area contributed by atoms with Crippen LogP contribution < -0.4 is 10.5 Å². The number of aryl methyl sites for hydroxylation is 1. The molecule has 0 spiro atoms. The molecule has 19 heavy (non-hydrogen) atoms. The highest BCUT2D eigenvalue weighted by Crippen LogP contribution is 2.28. The molecule has 0 aliphatic heterocycles. The molecule has 6 heteroatoms. The monoisotopic (exact) mass is 265 g/mol. The summed E-state index contributed by atoms with van der Waals surface area (Å²) in [6, 6.07) is 1.63. The summed E-state index contributed by atoms with van der Waals surface area (Å²) in [7, 11) is 0. The van der Waals surface area contributed by atoms with Gasteiger partial charge in [0.25, 0.3) is 5.69 Å². The Hall–Kier alpha value is -1.69. The van der Waals surface area contributed by atoms with E-state index in [1.54, 1.807) is 13.0 Å². The smallest absolute Gasteiger partial charge is 0.290 e. The van der Waals surface area contributed by atoms with Crippen molar-refractivity contribution in [2.45, 2.75) is 38.7 Å². The van der Waals surface area contributed by atoms with Crippen LogP contribution in [0.3, 0.4) is 0 Å². The van der Waals surface area contributed by atoms with Crippen molar-refractivity contribution in [1.82, 2.24) is 4.98 Å². The van der Waals surface area contributed by atoms with E-state index in [-0.39, 0.29) is 11.8 Å². The Morgan fingerprint density at radius 1 is 1.53 bits per heavy atom. The van der Waals surface area contributed by atoms with Crippen LogP contribution in [0.1, 0.15) is 31.2 Å². The Kier molecular flexibility index (Phi) is 4.31. The molecule has 1 aliphatic rings. The lowest BCUT2D eigenvalue weighted by Crippen LogP contribution is -2.35. The number of hydrogen-bond donors (Lipinski definition) is 1. The third kappa shape index (κ3) is 3.20. The van der Waals surface area contributed by atoms with E-state index in [1.807, 2.05) is 0 Å². The highest BCUT2D eigenvalue weighted by molar-refractivity contribution is 5.39. The molecule has 1 aromatic rings. The van der Waals surface area contributed by atoms with E-state index < -0.39 is 4.92 Å². The number of hydrogen-bond acceptors (Lipinski definition) is 5. The van der Waals surface area contributed by atoms with Crippen molar-refractivity contribution >= 4 is 5.69 Å². The predicted octanol–water partition coefficient (Wildman–Crippen LogP) is 2.19. The van der Waals surface area contributed by atoms with Gasteiger partial charge in [0, 0.05) is 17.5 Å². The van der Waals surface area contributed by atoms with E-state index in [1.165, 1.54) is 12.6 Å². The van der Waals surface area contributed by atoms with E-state index in [2.05, 4.69) is 4.98 Å². The summed E-state index contributed by atoms with van der Waals surface area (Å²) < 4.78 is 5.86. The zero-order valence-corrected chi connectivity index (χ0v) is 11.0. The standard InChI is InChI=1S/C13H19N3O3/c1-9-6-13(15-8-11(9)16(17)18)19-12-5-3-2-4-10(12)7-14/h6,8,10,12H,2-5,7,14H2,1H3. The van der Waals surface area contributed by atoms with E-state index >= 15 is 0 Å². The maximum absolute atomic E-state index is 10.7. The molecule has 0 amide bonds. The van der Waals surface area contributed by atoms with Gasteiger partial charge in [-0.3, -0.25) is 10.1 Å². The molecule has 0 saturated heterocycles. The maximum atomic E-state index is 10.7. The van der Waals surface area contributed by atoms with Gasteiger partial charge in [-0.15, -0.1) is 0 Å². The lowest BCUT2D eigenvalue weighted by atomic mass is 9.86. The summed E-state index contributed by atoms with van der Waals surface area (Å²) in [5.41, 5.74) is 6.34. The topological polar surface area (TPSA) is 91.3 Å². The molecule has 0 aromatic carbocycles. The van der Waals surface area contributed by atoms with Crippen molar-refractivity contribution in [1.29, 1.82) is 0 Å². The molecule has 2 rings (SSSR count). The van der Waals surface area contributed by atoms with E-state index in [4.69, 9.17) is 10.5 Å². The minimum Gasteiger partial charge on any atom is -0.474 e. The first kappa shape index (κ1) is 13.7. The zero-order chi connectivity index (χ0) is 13.8. The van der Waals surface area contributed by atoms with Crippen molar-refractivity contribution in [3.8, 4) is 5.88 Å². The summed E-state index contributed by atoms with van der Waals surface area (Å²) in [6.07, 6.45) is 5.70. The van der Waals surface area contributed by atoms with Crippen molar-refractivity contribution < 1.29 is 9.66 Å². The lowest BCUT2D eigenvalue weighted by molar-refractivity contribution is -0.385. The summed E-state index contributed by atoms with van der Waals surface area (Å²) in [5, 5.41) is 10.7. The van der Waals surface area contributed by atoms with Gasteiger partial charge in [-0.2, -0.15) is 0 Å². The van der Waals surface area contributed by atoms with Crippen molar-refractivity contribution in [2.75, 3.05) is 6.54 Å². The van der Waals surface area contributed by atoms with Gasteiger partial charge in [0.05, 0.1) is 4.92 Å². The van der Waals surface area contributed by atoms with Gasteiger partial charge >= 0.3 is 0 Å². The average molecular weight is 265 g/mol. The second-order valence-corrected chi connectivity index (χ2v) is 5.00. The molecule has 1 aliphatic carbocycles. The quantitative estimate of drug-likeness (QED) is 0.665. The molecule has 1 saturated carbocycles. The van der Waals surface area contributed by atoms with Gasteiger partial charge < -0.3 is 10.5 Å². The second-order valence-electron chi connectivity index (χ2n) is 5.00. The predicted molar refractivity (Wildman–Crippen MR) is 71.1 cm³/mol. The fourth-order valence-electron chi connectivity index (χ4n) is 2.53. The number of pyridine rings is 1. The molecular formula is C13H19N3O3. The lowest BCUT2D eigenvalue weighted by Gasteiger charge is -2.30. The van der Waals surface area contributed by atoms with Crippen LogP contribution in [0.2, 0.25) is 0 Å². The summed E-state index contributed by atoms with van der Waals surface area (Å²) in [5.74, 6) is 0.805. The fraction of sp³-hybridized carbons (Fsp3) is 0.615. The Labute approximate surface area is 112 Å². The van der Waals surface area contributed by atoms with Crippen LogP contribution in [0, 0.1) is 23.0 Å². The van der Waals surface area contributed by atoms with E-state index in [9.17, 15) is 10.1 Å². The van der Waals surface area contributed by atoms with Crippen molar-refractivity contribution in [2.24, 2.45) is 11.7 Å². The number of aromatic nitrogens is 1. The Bertz CT molecular complexity index is 464. The maximum Gasteiger partial charge on any atom is 0.290 e. The van der Waals surface area contributed by atoms with Crippen LogP contribution in [-0.4, -0.2) is 22.6 Å². The molecule has 1 heterocycles. The van der Waals surface area contributed by atoms with Crippen molar-refractivity contribution in [3.63, 3.8) is 0 Å². The minimum absolute atomic E-state index is 0.0198. The van der Waals surface area contributed by atoms with Crippen LogP contribution in [0.5, 0.6) is 5.88 Å². The molecule has 6 nitrogen and oxygen atoms in total. The van der Waals surface area contributed by atoms with E-state index in [0.717, 1.165) is 19.3 Å². The zero-order valence-electron chi connectivity index (χ0n) is 11.0. The third-order valence-corrected chi connectivity index (χ3v) is 3.67. The molecule has 2 atom stereocenters. The second kappa shape index (κ2) is 5.97. The van der Waals surface area contributed by atoms with Crippen LogP contribution in [0.25, 0.3) is 0 Å². The molecule has 2 unspecified atom stereocenters. The largest absolute Gasteiger partial charge is 0.474 e. The van der Waals surface area contributed by atoms with E-state index in [0.29, 0.717) is 23.9 Å². The van der Waals surface area contributed by atoms with Crippen LogP contribution in [0.4, 0.5) is 5.69 Å². The first-order valence-corrected chi connectivity index (χ1v) is 6.59. The highest BCUT2D eigenvalue weighted by Gasteiger charge is 2.26. The average Bonchev–Trinajstić information content (AvgIpc) is 2.39. The molecule has 2 N–H and O–H groups in total. The Morgan fingerprint density at radius 2 is 2.26 bits per heavy atom. The summed E-state index contributed by atoms with van der Waals surface area (Å²) in [6.45, 7) is 2.30. The van der Waals surface area contributed by atoms with Gasteiger partial charge in [0.2, 0.25) is 5.88 Å². The molecule has 1 aromatic heterocycles. The summed E-state index contributed by atoms with van der Waals surface area (Å²) in [4.78, 5) is 14.3. The third-order valence-electron chi connectivity index (χ3n) is 3.67. The van der Waals surface area contributed by atoms with Gasteiger partial charge in [-0.05, 0) is 32.7 Å². The number of nitrogens with two attached hydrogens (primary N) is 1. The highest BCUT2D eigenvalue weighted by atomic mass is 16.6. The normalized spacial score (nSPS) is 23.1. The first-order valence-electron chi connectivity index (χ1n) is 6.59. The minimum atomic E-state index is -0.435. The van der Waals surface area contributed by atoms with Crippen LogP contribution >= 0.6 is 0 Å². The summed E-state index contributed by atoms with van der Waals surface area (Å²) >= 11 is 0. The molecule has 1 fully saturated rings. The SMILES string of the molecule is Cc1cc(OC2CCCCC2CN)ncc1[N+](=O)[O-]. The van der Waals surface area contributed by atoms with Crippen LogP contribution in [-0.2, 0) is 0 Å². The van der Waals surface area contributed by atoms with Gasteiger partial charge in [0.1, 0.15) is 12.3 Å². The van der Waals surface area contributed by atoms with Crippen molar-refractivity contribution in [3.05, 3.63) is 27.9 Å². The molecule has 104 valence electrons. The number of rotatable bonds is 4. The van der Waals surface area contributed by atoms with Crippen LogP contribution in [0.15, 0.2) is 12.3 Å². The fourth-order valence-corrected chi connectivity index (χ4v) is 2.53. The Balaban J connectivity index is 2.10. The number of ether oxygens (including phenoxy) is 1. The van der Waals surface area contributed by atoms with Gasteiger partial charge in [-0.1, -0.05) is 6.42 Å². The Morgan fingerprint density at radius 3 is 2.89 bits per heavy atom. The van der Waals surface area contributed by atoms with Gasteiger partial charge in [-0.25, -0.2) is 4.98 Å². The molecular weight excluding hydrogens is 246 g/mol. The molecule has 0 bridgehead atoms. The number of nitrogens with zero attached hydrogens (tertiary/aromatic N) is 2. The first-order chi connectivity index (χ1) is 9.11. The molecule has 0 radical (unpaired) electrons. The number of nitro groups is 1. The van der Waals surface area contributed by atoms with Gasteiger partial charge in [0.15, 0.2) is 0 Å².